The molecule has 0 aliphatic heterocycles. The molecule has 0 unspecified atom stereocenters. The van der Waals surface area contributed by atoms with Gasteiger partial charge in [0.2, 0.25) is 0 Å². The Hall–Kier alpha value is -1.46. The van der Waals surface area contributed by atoms with Gasteiger partial charge in [0.1, 0.15) is 0 Å². The van der Waals surface area contributed by atoms with Crippen LogP contribution in [-0.4, -0.2) is 16.6 Å². The Kier molecular flexibility index (Phi) is 9.42. The van der Waals surface area contributed by atoms with E-state index in [1.165, 1.54) is 66.3 Å². The lowest BCUT2D eigenvalue weighted by molar-refractivity contribution is 0.313. The van der Waals surface area contributed by atoms with Crippen LogP contribution in [0.15, 0.2) is 24.5 Å². The Bertz CT molecular complexity index is 807. The highest BCUT2D eigenvalue weighted by Gasteiger charge is 2.11. The van der Waals surface area contributed by atoms with Crippen molar-refractivity contribution in [3.8, 4) is 15.8 Å². The van der Waals surface area contributed by atoms with Crippen LogP contribution < -0.4 is 4.74 Å². The third-order valence-corrected chi connectivity index (χ3v) is 7.34. The molecule has 0 aromatic carbocycles. The molecule has 0 fully saturated rings. The molecule has 0 aliphatic rings. The van der Waals surface area contributed by atoms with E-state index in [9.17, 15) is 0 Å². The van der Waals surface area contributed by atoms with Gasteiger partial charge in [0.05, 0.1) is 11.5 Å². The standard InChI is InChI=1S/C24H34N2OS2/c1-3-5-6-7-8-9-10-11-12-14-27-23-16-21-20(29-23)15-22(28-21)24-25-17-19(13-4-2)18-26-24/h15-18H,3-14H2,1-2H3. The number of thiophene rings is 2. The van der Waals surface area contributed by atoms with Crippen molar-refractivity contribution < 1.29 is 4.74 Å². The number of hydrogen-bond donors (Lipinski definition) is 0. The molecule has 158 valence electrons. The lowest BCUT2D eigenvalue weighted by atomic mass is 10.1. The molecule has 0 N–H and O–H groups in total. The van der Waals surface area contributed by atoms with Gasteiger partial charge in [-0.2, -0.15) is 0 Å². The summed E-state index contributed by atoms with van der Waals surface area (Å²) in [4.78, 5) is 10.2. The van der Waals surface area contributed by atoms with Crippen LogP contribution in [0.2, 0.25) is 0 Å². The molecule has 0 aliphatic carbocycles. The predicted molar refractivity (Wildman–Crippen MR) is 127 cm³/mol. The minimum absolute atomic E-state index is 0.829. The Morgan fingerprint density at radius 1 is 0.759 bits per heavy atom. The molecule has 0 saturated heterocycles. The summed E-state index contributed by atoms with van der Waals surface area (Å²) < 4.78 is 8.53. The molecule has 0 bridgehead atoms. The van der Waals surface area contributed by atoms with Gasteiger partial charge in [-0.1, -0.05) is 83.0 Å². The van der Waals surface area contributed by atoms with Crippen LogP contribution in [0.3, 0.4) is 0 Å². The first-order valence-electron chi connectivity index (χ1n) is 11.3. The van der Waals surface area contributed by atoms with Crippen molar-refractivity contribution in [1.29, 1.82) is 0 Å². The highest BCUT2D eigenvalue weighted by molar-refractivity contribution is 7.30. The number of rotatable bonds is 14. The van der Waals surface area contributed by atoms with Crippen LogP contribution >= 0.6 is 22.7 Å². The molecule has 3 rings (SSSR count). The molecule has 5 heteroatoms. The number of fused-ring (bicyclic) bond motifs is 1. The second kappa shape index (κ2) is 12.3. The van der Waals surface area contributed by atoms with Crippen molar-refractivity contribution in [2.75, 3.05) is 6.61 Å². The topological polar surface area (TPSA) is 35.0 Å². The van der Waals surface area contributed by atoms with Crippen LogP contribution in [0, 0.1) is 0 Å². The minimum Gasteiger partial charge on any atom is -0.484 e. The van der Waals surface area contributed by atoms with Gasteiger partial charge in [0.25, 0.3) is 0 Å². The Balaban J connectivity index is 1.38. The fourth-order valence-corrected chi connectivity index (χ4v) is 5.69. The molecule has 3 nitrogen and oxygen atoms in total. The third kappa shape index (κ3) is 7.07. The number of ether oxygens (including phenoxy) is 1. The molecular formula is C24H34N2OS2. The fraction of sp³-hybridized carbons (Fsp3) is 0.583. The summed E-state index contributed by atoms with van der Waals surface area (Å²) in [5, 5.41) is 1.04. The molecule has 29 heavy (non-hydrogen) atoms. The van der Waals surface area contributed by atoms with Crippen molar-refractivity contribution in [2.24, 2.45) is 0 Å². The second-order valence-corrected chi connectivity index (χ2v) is 9.88. The summed E-state index contributed by atoms with van der Waals surface area (Å²) in [5.74, 6) is 0.829. The average molecular weight is 431 g/mol. The molecule has 0 saturated carbocycles. The van der Waals surface area contributed by atoms with Gasteiger partial charge < -0.3 is 4.74 Å². The Labute approximate surface area is 183 Å². The van der Waals surface area contributed by atoms with Gasteiger partial charge >= 0.3 is 0 Å². The van der Waals surface area contributed by atoms with Gasteiger partial charge in [0, 0.05) is 27.9 Å². The maximum atomic E-state index is 5.99. The monoisotopic (exact) mass is 430 g/mol. The largest absolute Gasteiger partial charge is 0.484 e. The SMILES string of the molecule is CCCCCCCCCCCOc1cc2sc(-c3ncc(CCC)cn3)cc2s1. The summed E-state index contributed by atoms with van der Waals surface area (Å²) >= 11 is 3.49. The van der Waals surface area contributed by atoms with E-state index in [1.807, 2.05) is 12.4 Å². The number of hydrogen-bond acceptors (Lipinski definition) is 5. The lowest BCUT2D eigenvalue weighted by Gasteiger charge is -2.04. The molecule has 0 atom stereocenters. The van der Waals surface area contributed by atoms with E-state index < -0.39 is 0 Å². The van der Waals surface area contributed by atoms with Gasteiger partial charge in [0.15, 0.2) is 10.9 Å². The van der Waals surface area contributed by atoms with Gasteiger partial charge in [-0.05, 0) is 24.5 Å². The van der Waals surface area contributed by atoms with E-state index in [2.05, 4.69) is 35.9 Å². The quantitative estimate of drug-likeness (QED) is 0.241. The molecule has 0 amide bonds. The van der Waals surface area contributed by atoms with Crippen LogP contribution in [0.1, 0.15) is 83.6 Å². The number of aromatic nitrogens is 2. The molecule has 0 spiro atoms. The Morgan fingerprint density at radius 3 is 2.07 bits per heavy atom. The lowest BCUT2D eigenvalue weighted by Crippen LogP contribution is -1.95. The molecule has 3 aromatic rings. The van der Waals surface area contributed by atoms with Gasteiger partial charge in [-0.25, -0.2) is 9.97 Å². The van der Waals surface area contributed by atoms with Gasteiger partial charge in [-0.15, -0.1) is 11.3 Å². The minimum atomic E-state index is 0.829. The van der Waals surface area contributed by atoms with Crippen molar-refractivity contribution in [3.63, 3.8) is 0 Å². The van der Waals surface area contributed by atoms with E-state index in [1.54, 1.807) is 22.7 Å². The van der Waals surface area contributed by atoms with Crippen LogP contribution in [0.4, 0.5) is 0 Å². The first-order chi connectivity index (χ1) is 14.3. The first-order valence-corrected chi connectivity index (χ1v) is 12.9. The van der Waals surface area contributed by atoms with E-state index >= 15 is 0 Å². The highest BCUT2D eigenvalue weighted by Crippen LogP contribution is 2.40. The first kappa shape index (κ1) is 22.2. The average Bonchev–Trinajstić information content (AvgIpc) is 3.29. The fourth-order valence-electron chi connectivity index (χ4n) is 3.48. The summed E-state index contributed by atoms with van der Waals surface area (Å²) in [7, 11) is 0. The summed E-state index contributed by atoms with van der Waals surface area (Å²) in [5.41, 5.74) is 1.21. The molecule has 3 aromatic heterocycles. The zero-order valence-electron chi connectivity index (χ0n) is 17.9. The maximum Gasteiger partial charge on any atom is 0.175 e. The normalized spacial score (nSPS) is 11.4. The van der Waals surface area contributed by atoms with Gasteiger partial charge in [-0.3, -0.25) is 0 Å². The summed E-state index contributed by atoms with van der Waals surface area (Å²) in [6.45, 7) is 5.28. The number of aryl methyl sites for hydroxylation is 1. The van der Waals surface area contributed by atoms with Crippen molar-refractivity contribution >= 4 is 32.1 Å². The zero-order valence-corrected chi connectivity index (χ0v) is 19.5. The number of nitrogens with zero attached hydrogens (tertiary/aromatic N) is 2. The van der Waals surface area contributed by atoms with Crippen LogP contribution in [0.25, 0.3) is 20.1 Å². The van der Waals surface area contributed by atoms with Crippen LogP contribution in [-0.2, 0) is 6.42 Å². The van der Waals surface area contributed by atoms with Crippen molar-refractivity contribution in [1.82, 2.24) is 9.97 Å². The maximum absolute atomic E-state index is 5.99. The van der Waals surface area contributed by atoms with Crippen LogP contribution in [0.5, 0.6) is 5.06 Å². The second-order valence-electron chi connectivity index (χ2n) is 7.75. The smallest absolute Gasteiger partial charge is 0.175 e. The van der Waals surface area contributed by atoms with E-state index in [0.717, 1.165) is 41.6 Å². The molecule has 0 radical (unpaired) electrons. The predicted octanol–water partition coefficient (Wildman–Crippen LogP) is 8.28. The van der Waals surface area contributed by atoms with Crippen molar-refractivity contribution in [2.45, 2.75) is 84.5 Å². The third-order valence-electron chi connectivity index (χ3n) is 5.14. The number of unbranched alkanes of at least 4 members (excludes halogenated alkanes) is 8. The summed E-state index contributed by atoms with van der Waals surface area (Å²) in [6.07, 6.45) is 18.2. The highest BCUT2D eigenvalue weighted by atomic mass is 32.1. The molecule has 3 heterocycles. The van der Waals surface area contributed by atoms with Crippen molar-refractivity contribution in [3.05, 3.63) is 30.1 Å². The van der Waals surface area contributed by atoms with E-state index in [0.29, 0.717) is 0 Å². The Morgan fingerprint density at radius 2 is 1.41 bits per heavy atom. The summed E-state index contributed by atoms with van der Waals surface area (Å²) in [6, 6.07) is 4.37. The molecular weight excluding hydrogens is 396 g/mol. The van der Waals surface area contributed by atoms with E-state index in [4.69, 9.17) is 4.74 Å². The van der Waals surface area contributed by atoms with E-state index in [-0.39, 0.29) is 0 Å². The zero-order chi connectivity index (χ0) is 20.3.